The van der Waals surface area contributed by atoms with E-state index in [-0.39, 0.29) is 4.90 Å². The van der Waals surface area contributed by atoms with Gasteiger partial charge in [-0.1, -0.05) is 24.3 Å². The molecule has 0 bridgehead atoms. The second-order valence-corrected chi connectivity index (χ2v) is 10.1. The van der Waals surface area contributed by atoms with Gasteiger partial charge < -0.3 is 10.2 Å². The van der Waals surface area contributed by atoms with E-state index in [9.17, 15) is 36.6 Å². The Labute approximate surface area is 187 Å². The van der Waals surface area contributed by atoms with Gasteiger partial charge in [-0.05, 0) is 55.3 Å². The standard InChI is InChI=1S/C24H19F6O2S/c1-21(31,23(25,26)27)14-11-15(22(2,32)24(28,29)30)13-16(12-14)33-19-9-5-3-7-17(19)18-8-4-6-10-20(18)33/h3-13,31-32H,1-2H3/q+1. The van der Waals surface area contributed by atoms with E-state index in [1.807, 2.05) is 12.1 Å². The Bertz CT molecular complexity index is 1250. The first-order valence-corrected chi connectivity index (χ1v) is 11.1. The van der Waals surface area contributed by atoms with Gasteiger partial charge in [0.2, 0.25) is 0 Å². The minimum absolute atomic E-state index is 0.133. The number of thiophene rings is 1. The lowest BCUT2D eigenvalue weighted by molar-refractivity contribution is -0.261. The Hall–Kier alpha value is -2.62. The van der Waals surface area contributed by atoms with E-state index in [4.69, 9.17) is 0 Å². The van der Waals surface area contributed by atoms with Gasteiger partial charge in [0.1, 0.15) is 0 Å². The molecular formula is C24H19F6O2S+. The van der Waals surface area contributed by atoms with Crippen LogP contribution in [0.4, 0.5) is 26.3 Å². The van der Waals surface area contributed by atoms with Gasteiger partial charge in [-0.25, -0.2) is 0 Å². The van der Waals surface area contributed by atoms with Crippen LogP contribution in [-0.4, -0.2) is 22.6 Å². The van der Waals surface area contributed by atoms with E-state index in [1.54, 1.807) is 36.4 Å². The van der Waals surface area contributed by atoms with Crippen molar-refractivity contribution in [1.29, 1.82) is 0 Å². The van der Waals surface area contributed by atoms with Crippen molar-refractivity contribution < 1.29 is 36.6 Å². The number of rotatable bonds is 3. The number of fused-ring (bicyclic) bond motifs is 3. The van der Waals surface area contributed by atoms with Crippen LogP contribution < -0.4 is 0 Å². The molecule has 0 saturated carbocycles. The lowest BCUT2D eigenvalue weighted by Gasteiger charge is -2.30. The number of hydrogen-bond acceptors (Lipinski definition) is 2. The summed E-state index contributed by atoms with van der Waals surface area (Å²) in [6, 6.07) is 17.0. The Morgan fingerprint density at radius 3 is 1.33 bits per heavy atom. The summed E-state index contributed by atoms with van der Waals surface area (Å²) in [5.41, 5.74) is -8.41. The molecule has 1 aromatic heterocycles. The van der Waals surface area contributed by atoms with Gasteiger partial charge in [0.15, 0.2) is 25.5 Å². The number of aliphatic hydroxyl groups is 2. The molecule has 0 spiro atoms. The third kappa shape index (κ3) is 3.68. The molecule has 0 aliphatic heterocycles. The summed E-state index contributed by atoms with van der Waals surface area (Å²) in [5.74, 6) is 0. The van der Waals surface area contributed by atoms with Crippen LogP contribution in [0.3, 0.4) is 0 Å². The lowest BCUT2D eigenvalue weighted by atomic mass is 9.88. The van der Waals surface area contributed by atoms with Crippen LogP contribution in [0.1, 0.15) is 25.0 Å². The van der Waals surface area contributed by atoms with Gasteiger partial charge in [0.05, 0.1) is 0 Å². The van der Waals surface area contributed by atoms with Gasteiger partial charge >= 0.3 is 12.4 Å². The minimum atomic E-state index is -5.15. The predicted molar refractivity (Wildman–Crippen MR) is 117 cm³/mol. The third-order valence-electron chi connectivity index (χ3n) is 5.87. The summed E-state index contributed by atoms with van der Waals surface area (Å²) < 4.78 is 83.3. The van der Waals surface area contributed by atoms with Crippen molar-refractivity contribution in [3.63, 3.8) is 0 Å². The van der Waals surface area contributed by atoms with Crippen molar-refractivity contribution in [1.82, 2.24) is 0 Å². The predicted octanol–water partition coefficient (Wildman–Crippen LogP) is 7.27. The van der Waals surface area contributed by atoms with E-state index >= 15 is 0 Å². The van der Waals surface area contributed by atoms with Gasteiger partial charge in [0.25, 0.3) is 0 Å². The maximum absolute atomic E-state index is 13.6. The minimum Gasteiger partial charge on any atom is -0.376 e. The van der Waals surface area contributed by atoms with E-state index in [2.05, 4.69) is 0 Å². The molecule has 2 atom stereocenters. The molecule has 2 nitrogen and oxygen atoms in total. The van der Waals surface area contributed by atoms with Crippen LogP contribution in [0.2, 0.25) is 0 Å². The lowest BCUT2D eigenvalue weighted by Crippen LogP contribution is -2.41. The fourth-order valence-electron chi connectivity index (χ4n) is 3.71. The van der Waals surface area contributed by atoms with E-state index < -0.39 is 45.2 Å². The Morgan fingerprint density at radius 1 is 0.606 bits per heavy atom. The molecule has 9 heteroatoms. The van der Waals surface area contributed by atoms with Crippen LogP contribution in [0.5, 0.6) is 0 Å². The molecule has 0 fully saturated rings. The number of halogens is 6. The summed E-state index contributed by atoms with van der Waals surface area (Å²) in [4.78, 5) is 0.133. The Kier molecular flexibility index (Phi) is 5.31. The summed E-state index contributed by atoms with van der Waals surface area (Å²) in [7, 11) is -1.04. The zero-order chi connectivity index (χ0) is 24.4. The number of hydrogen-bond donors (Lipinski definition) is 2. The van der Waals surface area contributed by atoms with Crippen LogP contribution in [-0.2, 0) is 11.2 Å². The molecule has 33 heavy (non-hydrogen) atoms. The number of alkyl halides is 6. The first-order valence-electron chi connectivity index (χ1n) is 9.83. The normalized spacial score (nSPS) is 16.7. The summed E-state index contributed by atoms with van der Waals surface area (Å²) in [5, 5.41) is 22.2. The molecule has 2 N–H and O–H groups in total. The van der Waals surface area contributed by atoms with E-state index in [0.29, 0.717) is 19.9 Å². The fourth-order valence-corrected chi connectivity index (χ4v) is 6.17. The van der Waals surface area contributed by atoms with E-state index in [0.717, 1.165) is 32.3 Å². The largest absolute Gasteiger partial charge is 0.421 e. The summed E-state index contributed by atoms with van der Waals surface area (Å²) in [6.07, 6.45) is -10.3. The maximum Gasteiger partial charge on any atom is 0.421 e. The molecule has 2 unspecified atom stereocenters. The Morgan fingerprint density at radius 2 is 0.970 bits per heavy atom. The second-order valence-electron chi connectivity index (χ2n) is 8.18. The molecule has 3 aromatic carbocycles. The van der Waals surface area contributed by atoms with Crippen molar-refractivity contribution in [2.75, 3.05) is 0 Å². The first-order chi connectivity index (χ1) is 15.2. The first kappa shape index (κ1) is 23.5. The summed E-state index contributed by atoms with van der Waals surface area (Å²) >= 11 is 0. The van der Waals surface area contributed by atoms with Gasteiger partial charge in [0, 0.05) is 33.4 Å². The molecule has 0 aliphatic rings. The highest BCUT2D eigenvalue weighted by Gasteiger charge is 2.55. The van der Waals surface area contributed by atoms with Crippen LogP contribution >= 0.6 is 10.5 Å². The average Bonchev–Trinajstić information content (AvgIpc) is 3.06. The summed E-state index contributed by atoms with van der Waals surface area (Å²) in [6.45, 7) is 0.968. The van der Waals surface area contributed by atoms with Gasteiger partial charge in [-0.15, -0.1) is 0 Å². The van der Waals surface area contributed by atoms with Crippen molar-refractivity contribution in [2.45, 2.75) is 37.4 Å². The van der Waals surface area contributed by atoms with Crippen molar-refractivity contribution in [3.05, 3.63) is 77.9 Å². The van der Waals surface area contributed by atoms with E-state index in [1.165, 1.54) is 0 Å². The number of benzene rings is 3. The monoisotopic (exact) mass is 485 g/mol. The molecule has 0 saturated heterocycles. The van der Waals surface area contributed by atoms with Crippen molar-refractivity contribution >= 4 is 30.6 Å². The van der Waals surface area contributed by atoms with Gasteiger partial charge in [-0.2, -0.15) is 26.3 Å². The second kappa shape index (κ2) is 7.44. The highest BCUT2D eigenvalue weighted by atomic mass is 32.2. The fraction of sp³-hybridized carbons (Fsp3) is 0.250. The maximum atomic E-state index is 13.6. The van der Waals surface area contributed by atoms with Crippen molar-refractivity contribution in [3.8, 4) is 4.90 Å². The molecule has 4 aromatic rings. The Balaban J connectivity index is 2.12. The molecule has 1 heterocycles. The molecular weight excluding hydrogens is 466 g/mol. The quantitative estimate of drug-likeness (QED) is 0.237. The highest BCUT2D eigenvalue weighted by molar-refractivity contribution is 7.50. The molecule has 0 amide bonds. The molecule has 0 radical (unpaired) electrons. The smallest absolute Gasteiger partial charge is 0.376 e. The van der Waals surface area contributed by atoms with Crippen molar-refractivity contribution in [2.24, 2.45) is 0 Å². The molecule has 0 aliphatic carbocycles. The van der Waals surface area contributed by atoms with Crippen LogP contribution in [0.25, 0.3) is 25.1 Å². The van der Waals surface area contributed by atoms with Gasteiger partial charge in [-0.3, -0.25) is 0 Å². The average molecular weight is 485 g/mol. The third-order valence-corrected chi connectivity index (χ3v) is 8.17. The van der Waals surface area contributed by atoms with Crippen LogP contribution in [0.15, 0.2) is 66.7 Å². The topological polar surface area (TPSA) is 40.5 Å². The molecule has 174 valence electrons. The SMILES string of the molecule is CC(O)(c1cc(-[s+]2c3ccccc3c3ccccc32)cc(C(C)(O)C(F)(F)F)c1)C(F)(F)F. The zero-order valence-electron chi connectivity index (χ0n) is 17.4. The molecule has 4 rings (SSSR count). The zero-order valence-corrected chi connectivity index (χ0v) is 18.2. The van der Waals surface area contributed by atoms with Crippen LogP contribution in [0, 0.1) is 0 Å². The highest BCUT2D eigenvalue weighted by Crippen LogP contribution is 2.51.